The van der Waals surface area contributed by atoms with E-state index in [4.69, 9.17) is 4.74 Å². The highest BCUT2D eigenvalue weighted by Crippen LogP contribution is 2.29. The van der Waals surface area contributed by atoms with Crippen LogP contribution in [0.3, 0.4) is 0 Å². The van der Waals surface area contributed by atoms with E-state index in [0.717, 1.165) is 23.0 Å². The van der Waals surface area contributed by atoms with Crippen molar-refractivity contribution in [3.05, 3.63) is 26.3 Å². The maximum Gasteiger partial charge on any atom is 0.388 e. The number of amides is 1. The molecule has 0 saturated carbocycles. The molecule has 0 unspecified atom stereocenters. The first-order valence-electron chi connectivity index (χ1n) is 6.72. The Bertz CT molecular complexity index is 1030. The molecule has 1 amide bonds. The van der Waals surface area contributed by atoms with Crippen molar-refractivity contribution in [1.29, 1.82) is 0 Å². The molecule has 12 nitrogen and oxygen atoms in total. The Morgan fingerprint density at radius 1 is 1.35 bits per heavy atom. The van der Waals surface area contributed by atoms with Gasteiger partial charge in [0.2, 0.25) is 0 Å². The number of carbonyl (C=O) groups excluding carboxylic acids is 2. The Balaban J connectivity index is 2.55. The van der Waals surface area contributed by atoms with Crippen molar-refractivity contribution in [2.45, 2.75) is 11.8 Å². The number of nitrogens with zero attached hydrogens (tertiary/aromatic N) is 4. The second-order valence-corrected chi connectivity index (χ2v) is 7.65. The van der Waals surface area contributed by atoms with Crippen molar-refractivity contribution in [2.75, 3.05) is 19.4 Å². The van der Waals surface area contributed by atoms with Crippen molar-refractivity contribution in [3.8, 4) is 6.01 Å². The highest BCUT2D eigenvalue weighted by atomic mass is 32.2. The molecule has 0 aliphatic heterocycles. The second-order valence-electron chi connectivity index (χ2n) is 4.80. The molecule has 26 heavy (non-hydrogen) atoms. The molecule has 0 aliphatic carbocycles. The van der Waals surface area contributed by atoms with Crippen molar-refractivity contribution in [2.24, 2.45) is 7.05 Å². The maximum atomic E-state index is 12.6. The van der Waals surface area contributed by atoms with Crippen LogP contribution in [0.2, 0.25) is 0 Å². The molecule has 2 rings (SSSR count). The lowest BCUT2D eigenvalue weighted by Gasteiger charge is -2.13. The zero-order valence-corrected chi connectivity index (χ0v) is 15.6. The van der Waals surface area contributed by atoms with Crippen LogP contribution in [0.5, 0.6) is 6.01 Å². The van der Waals surface area contributed by atoms with Gasteiger partial charge in [-0.1, -0.05) is 15.1 Å². The van der Waals surface area contributed by atoms with Crippen molar-refractivity contribution in [1.82, 2.24) is 14.5 Å². The second kappa shape index (κ2) is 6.89. The summed E-state index contributed by atoms with van der Waals surface area (Å²) < 4.78 is 35.3. The van der Waals surface area contributed by atoms with Gasteiger partial charge in [-0.2, -0.15) is 0 Å². The van der Waals surface area contributed by atoms with Gasteiger partial charge < -0.3 is 9.47 Å². The molecule has 2 heterocycles. The molecule has 0 aromatic carbocycles. The van der Waals surface area contributed by atoms with E-state index in [1.54, 1.807) is 0 Å². The third-order valence-corrected chi connectivity index (χ3v) is 6.00. The standard InChI is InChI=1S/C12H14N4O8S2/c1-6-8(7(5-25-6)9(17)23-3)26(21,22)12(19)16(20)15-11(18)14(2)10(13-15)24-4/h5,20H,1-4H3. The summed E-state index contributed by atoms with van der Waals surface area (Å²) in [5.74, 6) is -0.970. The van der Waals surface area contributed by atoms with E-state index in [2.05, 4.69) is 9.84 Å². The Kier molecular flexibility index (Phi) is 5.20. The first-order chi connectivity index (χ1) is 12.1. The third-order valence-electron chi connectivity index (χ3n) is 3.27. The summed E-state index contributed by atoms with van der Waals surface area (Å²) in [6.07, 6.45) is 0. The molecule has 0 bridgehead atoms. The van der Waals surface area contributed by atoms with Gasteiger partial charge in [0, 0.05) is 17.3 Å². The molecule has 2 aromatic heterocycles. The Hall–Kier alpha value is -2.71. The molecule has 1 N–H and O–H groups in total. The van der Waals surface area contributed by atoms with Crippen LogP contribution in [-0.2, 0) is 21.6 Å². The predicted molar refractivity (Wildman–Crippen MR) is 87.0 cm³/mol. The lowest BCUT2D eigenvalue weighted by atomic mass is 10.3. The molecular formula is C12H14N4O8S2. The van der Waals surface area contributed by atoms with E-state index in [1.807, 2.05) is 0 Å². The maximum absolute atomic E-state index is 12.6. The summed E-state index contributed by atoms with van der Waals surface area (Å²) in [6, 6.07) is -0.277. The molecule has 2 aromatic rings. The summed E-state index contributed by atoms with van der Waals surface area (Å²) >= 11 is 0.899. The van der Waals surface area contributed by atoms with Crippen LogP contribution in [0.15, 0.2) is 15.1 Å². The molecule has 142 valence electrons. The van der Waals surface area contributed by atoms with Crippen molar-refractivity contribution < 1.29 is 32.7 Å². The summed E-state index contributed by atoms with van der Waals surface area (Å²) in [5, 5.41) is 12.3. The fraction of sp³-hybridized carbons (Fsp3) is 0.333. The molecule has 0 radical (unpaired) electrons. The molecule has 0 spiro atoms. The monoisotopic (exact) mass is 406 g/mol. The minimum Gasteiger partial charge on any atom is -0.467 e. The number of hydrogen-bond acceptors (Lipinski definition) is 10. The Morgan fingerprint density at radius 3 is 2.46 bits per heavy atom. The first kappa shape index (κ1) is 19.6. The number of hydrogen-bond donors (Lipinski definition) is 1. The summed E-state index contributed by atoms with van der Waals surface area (Å²) in [7, 11) is -1.43. The van der Waals surface area contributed by atoms with Crippen LogP contribution in [-0.4, -0.2) is 53.5 Å². The minimum atomic E-state index is -4.89. The zero-order valence-electron chi connectivity index (χ0n) is 14.0. The number of thiophene rings is 1. The first-order valence-corrected chi connectivity index (χ1v) is 9.09. The van der Waals surface area contributed by atoms with Crippen LogP contribution in [0.1, 0.15) is 15.2 Å². The van der Waals surface area contributed by atoms with E-state index < -0.39 is 36.8 Å². The minimum absolute atomic E-state index is 0.109. The number of esters is 1. The van der Waals surface area contributed by atoms with E-state index in [1.165, 1.54) is 26.5 Å². The van der Waals surface area contributed by atoms with Gasteiger partial charge in [-0.05, 0) is 6.92 Å². The SMILES string of the molecule is COC(=O)c1csc(C)c1S(=O)(=O)C(=O)N(O)n1nc(OC)n(C)c1=O. The van der Waals surface area contributed by atoms with E-state index in [9.17, 15) is 28.0 Å². The van der Waals surface area contributed by atoms with Gasteiger partial charge in [-0.3, -0.25) is 10.0 Å². The number of aromatic nitrogens is 3. The molecule has 14 heteroatoms. The fourth-order valence-electron chi connectivity index (χ4n) is 2.01. The van der Waals surface area contributed by atoms with Gasteiger partial charge in [-0.25, -0.2) is 22.6 Å². The number of ether oxygens (including phenoxy) is 2. The number of sulfone groups is 1. The molecule has 0 atom stereocenters. The molecule has 0 saturated heterocycles. The Morgan fingerprint density at radius 2 is 1.96 bits per heavy atom. The van der Waals surface area contributed by atoms with Gasteiger partial charge >= 0.3 is 22.9 Å². The highest BCUT2D eigenvalue weighted by Gasteiger charge is 2.38. The zero-order chi connectivity index (χ0) is 19.8. The average molecular weight is 406 g/mol. The molecule has 0 aliphatic rings. The van der Waals surface area contributed by atoms with Crippen LogP contribution in [0.25, 0.3) is 0 Å². The van der Waals surface area contributed by atoms with E-state index in [0.29, 0.717) is 0 Å². The topological polar surface area (TPSA) is 150 Å². The van der Waals surface area contributed by atoms with Crippen LogP contribution >= 0.6 is 11.3 Å². The Labute approximate surface area is 150 Å². The lowest BCUT2D eigenvalue weighted by molar-refractivity contribution is 0.0597. The van der Waals surface area contributed by atoms with E-state index in [-0.39, 0.29) is 21.2 Å². The lowest BCUT2D eigenvalue weighted by Crippen LogP contribution is -2.47. The molecule has 0 fully saturated rings. The van der Waals surface area contributed by atoms with Gasteiger partial charge in [0.25, 0.3) is 9.84 Å². The number of methoxy groups -OCH3 is 2. The van der Waals surface area contributed by atoms with Gasteiger partial charge in [0.15, 0.2) is 0 Å². The molecular weight excluding hydrogens is 392 g/mol. The number of rotatable bonds is 4. The van der Waals surface area contributed by atoms with E-state index >= 15 is 0 Å². The smallest absolute Gasteiger partial charge is 0.388 e. The fourth-order valence-corrected chi connectivity index (χ4v) is 4.56. The quantitative estimate of drug-likeness (QED) is 0.409. The summed E-state index contributed by atoms with van der Waals surface area (Å²) in [5.41, 5.74) is -1.40. The third kappa shape index (κ3) is 2.97. The summed E-state index contributed by atoms with van der Waals surface area (Å²) in [6.45, 7) is 1.37. The number of hydroxylamine groups is 1. The largest absolute Gasteiger partial charge is 0.467 e. The average Bonchev–Trinajstić information content (AvgIpc) is 3.14. The van der Waals surface area contributed by atoms with Gasteiger partial charge in [0.05, 0.1) is 19.8 Å². The highest BCUT2D eigenvalue weighted by molar-refractivity contribution is 8.06. The van der Waals surface area contributed by atoms with Crippen LogP contribution in [0, 0.1) is 6.92 Å². The predicted octanol–water partition coefficient (Wildman–Crippen LogP) is -0.332. The van der Waals surface area contributed by atoms with Gasteiger partial charge in [-0.15, -0.1) is 11.3 Å². The number of aryl methyl sites for hydroxylation is 1. The number of carbonyl (C=O) groups is 2. The van der Waals surface area contributed by atoms with Crippen molar-refractivity contribution >= 4 is 32.4 Å². The van der Waals surface area contributed by atoms with Crippen molar-refractivity contribution in [3.63, 3.8) is 0 Å². The van der Waals surface area contributed by atoms with Crippen LogP contribution < -0.4 is 15.6 Å². The summed E-state index contributed by atoms with van der Waals surface area (Å²) in [4.78, 5) is 35.6. The van der Waals surface area contributed by atoms with Crippen LogP contribution in [0.4, 0.5) is 4.79 Å². The van der Waals surface area contributed by atoms with Gasteiger partial charge in [0.1, 0.15) is 4.90 Å². The normalized spacial score (nSPS) is 11.3.